The molecule has 3 aromatic carbocycles. The molecule has 0 N–H and O–H groups in total. The van der Waals surface area contributed by atoms with Crippen LogP contribution in [-0.2, 0) is 28.1 Å². The maximum Gasteiger partial charge on any atom is 0.540 e. The van der Waals surface area contributed by atoms with Crippen molar-refractivity contribution in [1.29, 1.82) is 0 Å². The Balaban J connectivity index is 0.000000329. The molecule has 0 aromatic heterocycles. The molecule has 12 nitrogen and oxygen atoms in total. The minimum Gasteiger partial charge on any atom is -0.497 e. The quantitative estimate of drug-likeness (QED) is 0.0406. The van der Waals surface area contributed by atoms with Gasteiger partial charge in [0.25, 0.3) is 0 Å². The first-order valence-electron chi connectivity index (χ1n) is 12.3. The van der Waals surface area contributed by atoms with E-state index in [9.17, 15) is 0 Å². The molecule has 0 fully saturated rings. The molecule has 44 heavy (non-hydrogen) atoms. The van der Waals surface area contributed by atoms with E-state index in [2.05, 4.69) is 43.3 Å². The summed E-state index contributed by atoms with van der Waals surface area (Å²) in [4.78, 5) is 2.54. The number of azide groups is 1. The molecule has 19 heteroatoms. The Bertz CT molecular complexity index is 1490. The summed E-state index contributed by atoms with van der Waals surface area (Å²) >= 11 is 10.4. The van der Waals surface area contributed by atoms with Crippen molar-refractivity contribution in [2.24, 2.45) is 20.5 Å². The zero-order chi connectivity index (χ0) is 32.3. The third-order valence-corrected chi connectivity index (χ3v) is 9.92. The Hall–Kier alpha value is -2.73. The normalized spacial score (nSPS) is 11.5. The molecule has 0 aliphatic carbocycles. The third kappa shape index (κ3) is 14.8. The van der Waals surface area contributed by atoms with Gasteiger partial charge in [0, 0.05) is 10.8 Å². The van der Waals surface area contributed by atoms with Crippen molar-refractivity contribution >= 4 is 81.8 Å². The molecule has 0 bridgehead atoms. The van der Waals surface area contributed by atoms with Crippen LogP contribution in [0.5, 0.6) is 17.2 Å². The molecule has 0 saturated heterocycles. The van der Waals surface area contributed by atoms with Gasteiger partial charge in [-0.3, -0.25) is 4.52 Å². The van der Waals surface area contributed by atoms with Gasteiger partial charge >= 0.3 is 14.1 Å². The molecule has 0 heterocycles. The maximum absolute atomic E-state index is 8.17. The molecule has 4 unspecified atom stereocenters. The highest BCUT2D eigenvalue weighted by molar-refractivity contribution is 8.41. The minimum atomic E-state index is -1.35. The summed E-state index contributed by atoms with van der Waals surface area (Å²) in [5.74, 6) is 2.26. The largest absolute Gasteiger partial charge is 0.540 e. The van der Waals surface area contributed by atoms with Gasteiger partial charge in [0.15, 0.2) is 12.0 Å². The number of benzene rings is 3. The molecular weight excluding hydrogens is 695 g/mol. The molecule has 0 saturated carbocycles. The van der Waals surface area contributed by atoms with E-state index >= 15 is 0 Å². The molecule has 0 aliphatic heterocycles. The molecule has 3 rings (SSSR count). The van der Waals surface area contributed by atoms with Gasteiger partial charge in [0.1, 0.15) is 19.0 Å². The van der Waals surface area contributed by atoms with E-state index in [0.717, 1.165) is 28.2 Å². The minimum absolute atomic E-state index is 0.552. The summed E-state index contributed by atoms with van der Waals surface area (Å²) in [6.45, 7) is 0. The van der Waals surface area contributed by atoms with Gasteiger partial charge in [-0.2, -0.15) is 9.44 Å². The van der Waals surface area contributed by atoms with Crippen molar-refractivity contribution in [3.05, 3.63) is 99.9 Å². The topological polar surface area (TPSA) is 129 Å². The van der Waals surface area contributed by atoms with Gasteiger partial charge in [-0.25, -0.2) is 0 Å². The lowest BCUT2D eigenvalue weighted by atomic mass is 10.2. The van der Waals surface area contributed by atoms with Gasteiger partial charge in [-0.05, 0) is 89.0 Å². The van der Waals surface area contributed by atoms with Crippen molar-refractivity contribution in [2.75, 3.05) is 28.3 Å². The highest BCUT2D eigenvalue weighted by atomic mass is 32.4. The summed E-state index contributed by atoms with van der Waals surface area (Å²) in [6, 6.07) is 22.3. The van der Waals surface area contributed by atoms with Crippen LogP contribution < -0.4 is 13.8 Å². The van der Waals surface area contributed by atoms with Crippen LogP contribution in [0.1, 0.15) is 16.7 Å². The average Bonchev–Trinajstić information content (AvgIpc) is 3.04. The first-order chi connectivity index (χ1) is 21.1. The Morgan fingerprint density at radius 3 is 1.66 bits per heavy atom. The molecule has 0 aliphatic rings. The molecule has 0 spiro atoms. The smallest absolute Gasteiger partial charge is 0.497 e. The first-order valence-corrected chi connectivity index (χ1v) is 21.2. The van der Waals surface area contributed by atoms with Crippen LogP contribution in [0, 0.1) is 0 Å². The molecule has 4 atom stereocenters. The van der Waals surface area contributed by atoms with Crippen LogP contribution in [0.4, 0.5) is 0 Å². The van der Waals surface area contributed by atoms with Crippen molar-refractivity contribution < 1.29 is 18.3 Å². The van der Waals surface area contributed by atoms with Gasteiger partial charge in [-0.15, -0.1) is 15.7 Å². The van der Waals surface area contributed by atoms with Crippen LogP contribution in [0.2, 0.25) is 0 Å². The second-order valence-corrected chi connectivity index (χ2v) is 18.3. The fourth-order valence-corrected chi connectivity index (χ4v) is 5.34. The number of rotatable bonds is 14. The van der Waals surface area contributed by atoms with E-state index in [-0.39, 0.29) is 0 Å². The van der Waals surface area contributed by atoms with Gasteiger partial charge in [0.2, 0.25) is 23.6 Å². The lowest BCUT2D eigenvalue weighted by Crippen LogP contribution is -2.03. The van der Waals surface area contributed by atoms with Gasteiger partial charge < -0.3 is 9.26 Å². The fourth-order valence-electron chi connectivity index (χ4n) is 2.81. The second kappa shape index (κ2) is 21.1. The number of hydrogen-bond acceptors (Lipinski definition) is 9. The van der Waals surface area contributed by atoms with E-state index in [4.69, 9.17) is 47.5 Å². The number of nitrogens with zero attached hydrogens (tertiary/aromatic N) is 8. The van der Waals surface area contributed by atoms with Gasteiger partial charge in [-0.1, -0.05) is 27.4 Å². The zero-order valence-electron chi connectivity index (χ0n) is 24.2. The van der Waals surface area contributed by atoms with E-state index in [0.29, 0.717) is 5.75 Å². The summed E-state index contributed by atoms with van der Waals surface area (Å²) in [7, 11) is 9.04. The Labute approximate surface area is 274 Å². The average molecular weight is 727 g/mol. The highest BCUT2D eigenvalue weighted by Crippen LogP contribution is 2.53. The number of hydrogen-bond donors (Lipinski definition) is 0. The highest BCUT2D eigenvalue weighted by Gasteiger charge is 2.20. The SMILES string of the molecule is CO[P+](=S)N(C)/N=C\c1ccc(OP(P)P)cc1.COc1ccc(/C=N\N(C)[P+](=S)Oc2ccc(C=NN=[N+]=[N-])cc2)cc1. The van der Waals surface area contributed by atoms with E-state index < -0.39 is 21.7 Å². The second-order valence-electron chi connectivity index (χ2n) is 8.00. The first kappa shape index (κ1) is 37.5. The zero-order valence-corrected chi connectivity index (χ0v) is 30.8. The van der Waals surface area contributed by atoms with E-state index in [1.165, 1.54) is 6.21 Å². The van der Waals surface area contributed by atoms with Crippen LogP contribution >= 0.6 is 39.5 Å². The number of ether oxygens (including phenoxy) is 1. The van der Waals surface area contributed by atoms with E-state index in [1.54, 1.807) is 74.6 Å². The van der Waals surface area contributed by atoms with Gasteiger partial charge in [0.05, 0.1) is 40.7 Å². The van der Waals surface area contributed by atoms with E-state index in [1.807, 2.05) is 48.5 Å². The summed E-state index contributed by atoms with van der Waals surface area (Å²) in [6.07, 6.45) is 4.90. The number of hydrazone groups is 2. The van der Waals surface area contributed by atoms with Crippen molar-refractivity contribution in [2.45, 2.75) is 0 Å². The lowest BCUT2D eigenvalue weighted by Gasteiger charge is -2.08. The Kier molecular flexibility index (Phi) is 17.9. The third-order valence-electron chi connectivity index (χ3n) is 4.95. The Morgan fingerprint density at radius 2 is 1.20 bits per heavy atom. The molecule has 230 valence electrons. The van der Waals surface area contributed by atoms with Crippen molar-refractivity contribution in [3.8, 4) is 17.2 Å². The summed E-state index contributed by atoms with van der Waals surface area (Å²) in [5, 5.41) is 15.2. The van der Waals surface area contributed by atoms with Crippen LogP contribution in [0.25, 0.3) is 10.4 Å². The maximum atomic E-state index is 8.17. The molecular formula is C25H31N8O4P5S2+2. The molecule has 0 radical (unpaired) electrons. The molecule has 3 aromatic rings. The van der Waals surface area contributed by atoms with Crippen LogP contribution in [-0.4, -0.2) is 56.5 Å². The monoisotopic (exact) mass is 726 g/mol. The van der Waals surface area contributed by atoms with Crippen molar-refractivity contribution in [1.82, 2.24) is 9.56 Å². The lowest BCUT2D eigenvalue weighted by molar-refractivity contribution is 0.415. The summed E-state index contributed by atoms with van der Waals surface area (Å²) < 4.78 is 24.7. The predicted octanol–water partition coefficient (Wildman–Crippen LogP) is 8.19. The fraction of sp³-hybridized carbons (Fsp3) is 0.160. The number of methoxy groups -OCH3 is 1. The van der Waals surface area contributed by atoms with Crippen molar-refractivity contribution in [3.63, 3.8) is 0 Å². The molecule has 0 amide bonds. The van der Waals surface area contributed by atoms with Crippen LogP contribution in [0.15, 0.2) is 93.3 Å². The Morgan fingerprint density at radius 1 is 0.750 bits per heavy atom. The van der Waals surface area contributed by atoms with Crippen LogP contribution in [0.3, 0.4) is 0 Å². The summed E-state index contributed by atoms with van der Waals surface area (Å²) in [5.41, 5.74) is 10.9. The predicted molar refractivity (Wildman–Crippen MR) is 197 cm³/mol. The standard InChI is InChI=1S/C16H16N6O2PS.C9H15N2O2P4S/c1-22(19-12-14-3-7-15(23-2)8-4-14)25(26)24-16-9-5-13(6-10-16)11-18-21-20-17;1-11(16(18)12-2)10-7-8-3-5-9(6-4-8)13-17(14)15/h3-12H,1-2H3;3-7H,14-15H2,1-2H3/q2*+1/b18-11?,19-12-;10-7-.